The molecule has 3 fully saturated rings. The van der Waals surface area contributed by atoms with Gasteiger partial charge in [0.2, 0.25) is 0 Å². The number of H-pyrrole nitrogens is 1. The maximum absolute atomic E-state index is 14.3. The van der Waals surface area contributed by atoms with Gasteiger partial charge in [-0.05, 0) is 44.9 Å². The first-order chi connectivity index (χ1) is 12.8. The molecule has 1 aliphatic heterocycles. The first kappa shape index (κ1) is 18.9. The minimum Gasteiger partial charge on any atom is -0.349 e. The van der Waals surface area contributed by atoms with Gasteiger partial charge in [-0.25, -0.2) is 9.18 Å². The molecular formula is C17H23FN2O6P+. The van der Waals surface area contributed by atoms with E-state index in [0.29, 0.717) is 11.5 Å². The number of alkyl halides is 1. The standard InChI is InChI=1S/C17H22FN2O6P/c1-10-8-20(16(22)19-15(10)21)14-6-12(18)13(25-14)9-24-27(23)26-17-4-2-11(7-17)3-5-17/h8,11-14H,2-7,9H2,1H3/p+1/t11?,12-,13+,14+,17?/m0/s1. The first-order valence-corrected chi connectivity index (χ1v) is 10.4. The molecule has 3 aliphatic rings. The number of halogens is 1. The van der Waals surface area contributed by atoms with Gasteiger partial charge in [-0.15, -0.1) is 9.05 Å². The monoisotopic (exact) mass is 401 g/mol. The van der Waals surface area contributed by atoms with Crippen molar-refractivity contribution in [3.63, 3.8) is 0 Å². The van der Waals surface area contributed by atoms with Crippen molar-refractivity contribution in [2.75, 3.05) is 6.61 Å². The second-order valence-corrected chi connectivity index (χ2v) is 8.69. The molecule has 2 heterocycles. The summed E-state index contributed by atoms with van der Waals surface area (Å²) in [5, 5.41) is 0. The Morgan fingerprint density at radius 2 is 2.15 bits per heavy atom. The van der Waals surface area contributed by atoms with E-state index in [0.717, 1.165) is 36.7 Å². The van der Waals surface area contributed by atoms with Crippen LogP contribution in [0.3, 0.4) is 0 Å². The van der Waals surface area contributed by atoms with Crippen molar-refractivity contribution in [2.24, 2.45) is 5.92 Å². The largest absolute Gasteiger partial charge is 0.698 e. The van der Waals surface area contributed by atoms with E-state index in [2.05, 4.69) is 4.98 Å². The molecular weight excluding hydrogens is 378 g/mol. The van der Waals surface area contributed by atoms with Crippen molar-refractivity contribution in [1.29, 1.82) is 0 Å². The second-order valence-electron chi connectivity index (χ2n) is 7.80. The van der Waals surface area contributed by atoms with Gasteiger partial charge < -0.3 is 4.74 Å². The quantitative estimate of drug-likeness (QED) is 0.736. The molecule has 4 rings (SSSR count). The number of aromatic nitrogens is 2. The van der Waals surface area contributed by atoms with Crippen LogP contribution in [-0.4, -0.2) is 34.0 Å². The fourth-order valence-corrected chi connectivity index (χ4v) is 5.29. The molecule has 1 saturated heterocycles. The van der Waals surface area contributed by atoms with Gasteiger partial charge in [0.05, 0.1) is 0 Å². The first-order valence-electron chi connectivity index (χ1n) is 9.26. The predicted octanol–water partition coefficient (Wildman–Crippen LogP) is 2.49. The number of hydrogen-bond donors (Lipinski definition) is 1. The number of nitrogens with one attached hydrogen (secondary N) is 1. The molecule has 1 aromatic rings. The van der Waals surface area contributed by atoms with Crippen LogP contribution in [0.15, 0.2) is 15.8 Å². The molecule has 2 saturated carbocycles. The van der Waals surface area contributed by atoms with E-state index in [1.165, 1.54) is 6.20 Å². The average Bonchev–Trinajstić information content (AvgIpc) is 3.30. The molecule has 8 nitrogen and oxygen atoms in total. The van der Waals surface area contributed by atoms with Crippen LogP contribution in [0, 0.1) is 12.8 Å². The summed E-state index contributed by atoms with van der Waals surface area (Å²) in [6.07, 6.45) is 3.01. The lowest BCUT2D eigenvalue weighted by Gasteiger charge is -2.18. The van der Waals surface area contributed by atoms with E-state index in [4.69, 9.17) is 13.8 Å². The minimum absolute atomic E-state index is 0.0529. The number of hydrogen-bond acceptors (Lipinski definition) is 6. The molecule has 4 atom stereocenters. The molecule has 1 unspecified atom stereocenters. The summed E-state index contributed by atoms with van der Waals surface area (Å²) in [4.78, 5) is 25.6. The van der Waals surface area contributed by atoms with E-state index in [1.54, 1.807) is 6.92 Å². The predicted molar refractivity (Wildman–Crippen MR) is 93.4 cm³/mol. The fourth-order valence-electron chi connectivity index (χ4n) is 4.40. The molecule has 0 amide bonds. The Bertz CT molecular complexity index is 847. The van der Waals surface area contributed by atoms with Gasteiger partial charge in [0, 0.05) is 22.7 Å². The van der Waals surface area contributed by atoms with Crippen molar-refractivity contribution >= 4 is 8.25 Å². The maximum atomic E-state index is 14.3. The van der Waals surface area contributed by atoms with Crippen molar-refractivity contribution in [1.82, 2.24) is 9.55 Å². The third-order valence-corrected chi connectivity index (χ3v) is 6.80. The number of ether oxygens (including phenoxy) is 1. The van der Waals surface area contributed by atoms with E-state index in [9.17, 15) is 18.5 Å². The minimum atomic E-state index is -2.35. The summed E-state index contributed by atoms with van der Waals surface area (Å²) in [7, 11) is -2.35. The van der Waals surface area contributed by atoms with E-state index < -0.39 is 38.0 Å². The lowest BCUT2D eigenvalue weighted by atomic mass is 9.98. The van der Waals surface area contributed by atoms with Gasteiger partial charge in [-0.3, -0.25) is 14.3 Å². The van der Waals surface area contributed by atoms with Crippen LogP contribution in [-0.2, 0) is 18.3 Å². The van der Waals surface area contributed by atoms with Gasteiger partial charge in [0.25, 0.3) is 5.56 Å². The third kappa shape index (κ3) is 3.78. The number of rotatable bonds is 6. The molecule has 2 aliphatic carbocycles. The van der Waals surface area contributed by atoms with E-state index in [1.807, 2.05) is 0 Å². The topological polar surface area (TPSA) is 99.6 Å². The van der Waals surface area contributed by atoms with E-state index >= 15 is 0 Å². The summed E-state index contributed by atoms with van der Waals surface area (Å²) in [6, 6.07) is 0. The highest BCUT2D eigenvalue weighted by atomic mass is 31.1. The molecule has 1 N–H and O–H groups in total. The molecule has 148 valence electrons. The number of aromatic amines is 1. The number of aryl methyl sites for hydroxylation is 1. The maximum Gasteiger partial charge on any atom is 0.698 e. The third-order valence-electron chi connectivity index (χ3n) is 5.91. The van der Waals surface area contributed by atoms with Crippen molar-refractivity contribution in [3.05, 3.63) is 32.6 Å². The van der Waals surface area contributed by atoms with Crippen molar-refractivity contribution < 1.29 is 22.7 Å². The van der Waals surface area contributed by atoms with Crippen LogP contribution in [0.4, 0.5) is 4.39 Å². The van der Waals surface area contributed by atoms with Crippen LogP contribution in [0.1, 0.15) is 50.3 Å². The summed E-state index contributed by atoms with van der Waals surface area (Å²) in [5.74, 6) is 0.654. The molecule has 1 aromatic heterocycles. The number of nitrogens with zero attached hydrogens (tertiary/aromatic N) is 1. The summed E-state index contributed by atoms with van der Waals surface area (Å²) in [5.41, 5.74) is -1.15. The van der Waals surface area contributed by atoms with Crippen LogP contribution in [0.25, 0.3) is 0 Å². The zero-order valence-corrected chi connectivity index (χ0v) is 16.0. The van der Waals surface area contributed by atoms with Gasteiger partial charge in [-0.2, -0.15) is 0 Å². The van der Waals surface area contributed by atoms with Crippen LogP contribution in [0.5, 0.6) is 0 Å². The van der Waals surface area contributed by atoms with Crippen molar-refractivity contribution in [3.8, 4) is 0 Å². The average molecular weight is 401 g/mol. The molecule has 27 heavy (non-hydrogen) atoms. The highest BCUT2D eigenvalue weighted by Gasteiger charge is 2.52. The highest BCUT2D eigenvalue weighted by molar-refractivity contribution is 7.33. The van der Waals surface area contributed by atoms with Gasteiger partial charge >= 0.3 is 13.9 Å². The Labute approximate surface area is 156 Å². The van der Waals surface area contributed by atoms with Gasteiger partial charge in [0.1, 0.15) is 30.7 Å². The molecule has 0 spiro atoms. The fraction of sp³-hybridized carbons (Fsp3) is 0.765. The Hall–Kier alpha value is -1.41. The van der Waals surface area contributed by atoms with Crippen molar-refractivity contribution in [2.45, 2.75) is 69.6 Å². The molecule has 0 aromatic carbocycles. The van der Waals surface area contributed by atoms with Gasteiger partial charge in [0.15, 0.2) is 0 Å². The Kier molecular flexibility index (Phi) is 5.05. The normalized spacial score (nSPS) is 35.7. The summed E-state index contributed by atoms with van der Waals surface area (Å²) >= 11 is 0. The molecule has 2 bridgehead atoms. The van der Waals surface area contributed by atoms with Crippen LogP contribution in [0.2, 0.25) is 0 Å². The Morgan fingerprint density at radius 3 is 2.81 bits per heavy atom. The lowest BCUT2D eigenvalue weighted by molar-refractivity contribution is -0.0351. The zero-order valence-electron chi connectivity index (χ0n) is 15.1. The summed E-state index contributed by atoms with van der Waals surface area (Å²) < 4.78 is 44.1. The smallest absolute Gasteiger partial charge is 0.349 e. The van der Waals surface area contributed by atoms with Crippen LogP contribution >= 0.6 is 8.25 Å². The zero-order chi connectivity index (χ0) is 19.2. The Balaban J connectivity index is 1.34. The molecule has 0 radical (unpaired) electrons. The van der Waals surface area contributed by atoms with Gasteiger partial charge in [-0.1, -0.05) is 0 Å². The number of fused-ring (bicyclic) bond motifs is 2. The summed E-state index contributed by atoms with van der Waals surface area (Å²) in [6.45, 7) is 1.33. The lowest BCUT2D eigenvalue weighted by Crippen LogP contribution is -2.33. The highest BCUT2D eigenvalue weighted by Crippen LogP contribution is 2.53. The Morgan fingerprint density at radius 1 is 1.41 bits per heavy atom. The van der Waals surface area contributed by atoms with Crippen LogP contribution < -0.4 is 11.2 Å². The molecule has 10 heteroatoms. The van der Waals surface area contributed by atoms with E-state index in [-0.39, 0.29) is 18.6 Å². The second kappa shape index (κ2) is 7.20. The SMILES string of the molecule is Cc1cn([C@H]2C[C@H](F)[C@@H](CO[P+](=O)OC34CCC(CC3)C4)O2)c(=O)[nH]c1=O.